The van der Waals surface area contributed by atoms with Gasteiger partial charge in [0.05, 0.1) is 17.6 Å². The maximum absolute atomic E-state index is 12.4. The third-order valence-corrected chi connectivity index (χ3v) is 8.44. The van der Waals surface area contributed by atoms with Crippen LogP contribution in [-0.4, -0.2) is 28.2 Å². The highest BCUT2D eigenvalue weighted by Gasteiger charge is 2.18. The maximum atomic E-state index is 12.4. The fourth-order valence-corrected chi connectivity index (χ4v) is 6.09. The van der Waals surface area contributed by atoms with Gasteiger partial charge >= 0.3 is 0 Å². The molecule has 0 bridgehead atoms. The lowest BCUT2D eigenvalue weighted by Gasteiger charge is -2.15. The lowest BCUT2D eigenvalue weighted by atomic mass is 10.1. The average molecular weight is 469 g/mol. The Balaban J connectivity index is 1.32. The van der Waals surface area contributed by atoms with E-state index in [4.69, 9.17) is 4.98 Å². The first-order valence-corrected chi connectivity index (χ1v) is 13.1. The Hall–Kier alpha value is -2.98. The number of anilines is 3. The zero-order valence-corrected chi connectivity index (χ0v) is 19.1. The van der Waals surface area contributed by atoms with Crippen LogP contribution in [0.25, 0.3) is 11.0 Å². The first-order chi connectivity index (χ1) is 15.6. The van der Waals surface area contributed by atoms with Gasteiger partial charge in [-0.1, -0.05) is 31.7 Å². The summed E-state index contributed by atoms with van der Waals surface area (Å²) < 4.78 is 29.7. The van der Waals surface area contributed by atoms with Gasteiger partial charge in [-0.25, -0.2) is 18.1 Å². The number of fused-ring (bicyclic) bond motifs is 1. The Morgan fingerprint density at radius 3 is 2.44 bits per heavy atom. The maximum Gasteiger partial charge on any atom is 0.271 e. The van der Waals surface area contributed by atoms with E-state index in [2.05, 4.69) is 24.8 Å². The van der Waals surface area contributed by atoms with E-state index < -0.39 is 10.0 Å². The minimum Gasteiger partial charge on any atom is -0.324 e. The molecule has 4 aromatic rings. The van der Waals surface area contributed by atoms with Crippen molar-refractivity contribution in [3.05, 3.63) is 54.2 Å². The van der Waals surface area contributed by atoms with Gasteiger partial charge in [-0.3, -0.25) is 4.72 Å². The molecule has 8 nitrogen and oxygen atoms in total. The second-order valence-electron chi connectivity index (χ2n) is 7.95. The molecule has 0 spiro atoms. The predicted octanol–water partition coefficient (Wildman–Crippen LogP) is 5.33. The number of nitrogens with one attached hydrogen (secondary N) is 2. The Labute approximate surface area is 190 Å². The molecule has 1 aliphatic rings. The summed E-state index contributed by atoms with van der Waals surface area (Å²) in [5.41, 5.74) is 2.10. The second kappa shape index (κ2) is 8.87. The smallest absolute Gasteiger partial charge is 0.271 e. The Morgan fingerprint density at radius 1 is 0.969 bits per heavy atom. The lowest BCUT2D eigenvalue weighted by molar-refractivity contribution is 0.415. The van der Waals surface area contributed by atoms with Crippen LogP contribution in [0.3, 0.4) is 0 Å². The number of thiophene rings is 1. The van der Waals surface area contributed by atoms with Crippen molar-refractivity contribution in [1.82, 2.24) is 19.7 Å². The van der Waals surface area contributed by atoms with E-state index in [1.165, 1.54) is 37.0 Å². The van der Waals surface area contributed by atoms with E-state index in [0.29, 0.717) is 17.7 Å². The monoisotopic (exact) mass is 468 g/mol. The molecule has 0 amide bonds. The fraction of sp³-hybridized carbons (Fsp3) is 0.318. The topological polar surface area (TPSA) is 102 Å². The van der Waals surface area contributed by atoms with E-state index in [-0.39, 0.29) is 4.21 Å². The summed E-state index contributed by atoms with van der Waals surface area (Å²) in [6.45, 7) is 0. The first-order valence-electron chi connectivity index (χ1n) is 10.7. The molecule has 3 aromatic heterocycles. The van der Waals surface area contributed by atoms with Crippen LogP contribution in [-0.2, 0) is 10.0 Å². The number of aromatic nitrogens is 4. The number of hydrogen-bond acceptors (Lipinski definition) is 7. The highest BCUT2D eigenvalue weighted by molar-refractivity contribution is 7.94. The highest BCUT2D eigenvalue weighted by atomic mass is 32.2. The molecule has 3 heterocycles. The van der Waals surface area contributed by atoms with Gasteiger partial charge in [0.15, 0.2) is 5.65 Å². The number of sulfonamides is 1. The quantitative estimate of drug-likeness (QED) is 0.371. The molecular weight excluding hydrogens is 444 g/mol. The molecule has 2 N–H and O–H groups in total. The third-order valence-electron chi connectivity index (χ3n) is 5.66. The van der Waals surface area contributed by atoms with Gasteiger partial charge in [0.25, 0.3) is 10.0 Å². The second-order valence-corrected chi connectivity index (χ2v) is 10.8. The average Bonchev–Trinajstić information content (AvgIpc) is 3.40. The molecule has 1 saturated carbocycles. The summed E-state index contributed by atoms with van der Waals surface area (Å²) in [6, 6.07) is 10.7. The Morgan fingerprint density at radius 2 is 1.72 bits per heavy atom. The summed E-state index contributed by atoms with van der Waals surface area (Å²) in [5, 5.41) is 10.5. The molecule has 0 saturated heterocycles. The number of benzene rings is 1. The Kier molecular flexibility index (Phi) is 5.79. The van der Waals surface area contributed by atoms with Gasteiger partial charge in [0.2, 0.25) is 5.95 Å². The van der Waals surface area contributed by atoms with Crippen LogP contribution >= 0.6 is 11.3 Å². The van der Waals surface area contributed by atoms with Gasteiger partial charge < -0.3 is 5.32 Å². The molecule has 10 heteroatoms. The van der Waals surface area contributed by atoms with Crippen LogP contribution < -0.4 is 10.0 Å². The molecular formula is C22H24N6O2S2. The number of nitrogens with zero attached hydrogens (tertiary/aromatic N) is 4. The van der Waals surface area contributed by atoms with Crippen molar-refractivity contribution in [3.63, 3.8) is 0 Å². The van der Waals surface area contributed by atoms with Crippen LogP contribution in [0.4, 0.5) is 17.3 Å². The standard InChI is InChI=1S/C22H24N6O2S2/c29-32(30,20-8-5-13-31-20)27-18-11-9-17(10-12-18)25-22-23-14-16-15-24-28(21(16)26-22)19-6-3-1-2-4-7-19/h5,8-15,19,27H,1-4,6-7H2,(H,23,25,26). The molecule has 166 valence electrons. The van der Waals surface area contributed by atoms with Crippen molar-refractivity contribution in [2.45, 2.75) is 48.8 Å². The predicted molar refractivity (Wildman–Crippen MR) is 127 cm³/mol. The van der Waals surface area contributed by atoms with Gasteiger partial charge in [-0.2, -0.15) is 10.1 Å². The normalized spacial score (nSPS) is 15.5. The SMILES string of the molecule is O=S(=O)(Nc1ccc(Nc2ncc3cnn(C4CCCCCC4)c3n2)cc1)c1cccs1. The van der Waals surface area contributed by atoms with Crippen molar-refractivity contribution in [3.8, 4) is 0 Å². The Bertz CT molecular complexity index is 1290. The van der Waals surface area contributed by atoms with Gasteiger partial charge in [-0.05, 0) is 48.6 Å². The molecule has 1 fully saturated rings. The molecule has 0 radical (unpaired) electrons. The summed E-state index contributed by atoms with van der Waals surface area (Å²) >= 11 is 1.18. The van der Waals surface area contributed by atoms with Crippen LogP contribution in [0, 0.1) is 0 Å². The summed E-state index contributed by atoms with van der Waals surface area (Å²) in [5.74, 6) is 0.486. The van der Waals surface area contributed by atoms with Gasteiger partial charge in [0.1, 0.15) is 4.21 Å². The zero-order chi connectivity index (χ0) is 22.0. The molecule has 0 aliphatic heterocycles. The highest BCUT2D eigenvalue weighted by Crippen LogP contribution is 2.29. The zero-order valence-electron chi connectivity index (χ0n) is 17.4. The van der Waals surface area contributed by atoms with Crippen molar-refractivity contribution >= 4 is 49.7 Å². The van der Waals surface area contributed by atoms with Crippen molar-refractivity contribution in [2.75, 3.05) is 10.0 Å². The molecule has 5 rings (SSSR count). The molecule has 1 aromatic carbocycles. The van der Waals surface area contributed by atoms with E-state index in [9.17, 15) is 8.42 Å². The van der Waals surface area contributed by atoms with Crippen molar-refractivity contribution in [1.29, 1.82) is 0 Å². The minimum atomic E-state index is -3.56. The van der Waals surface area contributed by atoms with Crippen LogP contribution in [0.5, 0.6) is 0 Å². The van der Waals surface area contributed by atoms with Crippen LogP contribution in [0.15, 0.2) is 58.4 Å². The minimum absolute atomic E-state index is 0.284. The largest absolute Gasteiger partial charge is 0.324 e. The summed E-state index contributed by atoms with van der Waals surface area (Å²) in [6.07, 6.45) is 10.9. The molecule has 1 aliphatic carbocycles. The molecule has 32 heavy (non-hydrogen) atoms. The van der Waals surface area contributed by atoms with Gasteiger partial charge in [-0.15, -0.1) is 11.3 Å². The molecule has 0 atom stereocenters. The summed E-state index contributed by atoms with van der Waals surface area (Å²) in [4.78, 5) is 9.13. The van der Waals surface area contributed by atoms with Gasteiger partial charge in [0, 0.05) is 17.6 Å². The van der Waals surface area contributed by atoms with E-state index in [1.54, 1.807) is 48.0 Å². The molecule has 0 unspecified atom stereocenters. The summed E-state index contributed by atoms with van der Waals surface area (Å²) in [7, 11) is -3.56. The van der Waals surface area contributed by atoms with Crippen molar-refractivity contribution < 1.29 is 8.42 Å². The van der Waals surface area contributed by atoms with Crippen LogP contribution in [0.2, 0.25) is 0 Å². The number of hydrogen-bond donors (Lipinski definition) is 2. The van der Waals surface area contributed by atoms with E-state index >= 15 is 0 Å². The number of rotatable bonds is 6. The fourth-order valence-electron chi connectivity index (χ4n) is 4.04. The third kappa shape index (κ3) is 4.46. The first kappa shape index (κ1) is 20.9. The lowest BCUT2D eigenvalue weighted by Crippen LogP contribution is -2.11. The van der Waals surface area contributed by atoms with E-state index in [0.717, 1.165) is 29.6 Å². The van der Waals surface area contributed by atoms with Crippen LogP contribution in [0.1, 0.15) is 44.6 Å². The van der Waals surface area contributed by atoms with E-state index in [1.807, 2.05) is 6.20 Å². The van der Waals surface area contributed by atoms with Crippen molar-refractivity contribution in [2.24, 2.45) is 0 Å².